The molecular formula is C19H17F3N2O4. The second kappa shape index (κ2) is 7.16. The zero-order valence-corrected chi connectivity index (χ0v) is 14.7. The number of carbonyl (C=O) groups is 2. The number of amides is 2. The number of rotatable bonds is 4. The Balaban J connectivity index is 2.20. The number of methoxy groups -OCH3 is 1. The maximum atomic E-state index is 13.8. The lowest BCUT2D eigenvalue weighted by Crippen LogP contribution is -2.72. The number of benzene rings is 2. The molecule has 3 rings (SSSR count). The Morgan fingerprint density at radius 2 is 1.71 bits per heavy atom. The first-order valence-electron chi connectivity index (χ1n) is 8.29. The second-order valence-corrected chi connectivity index (χ2v) is 6.29. The highest BCUT2D eigenvalue weighted by molar-refractivity contribution is 6.00. The first-order chi connectivity index (χ1) is 13.2. The molecule has 0 saturated carbocycles. The van der Waals surface area contributed by atoms with Crippen molar-refractivity contribution in [3.05, 3.63) is 65.7 Å². The molecule has 6 nitrogen and oxygen atoms in total. The van der Waals surface area contributed by atoms with Gasteiger partial charge in [0.15, 0.2) is 5.78 Å². The van der Waals surface area contributed by atoms with Crippen LogP contribution in [0, 0.1) is 5.92 Å². The number of halogens is 3. The average molecular weight is 394 g/mol. The predicted octanol–water partition coefficient (Wildman–Crippen LogP) is 2.80. The molecule has 0 spiro atoms. The van der Waals surface area contributed by atoms with Crippen LogP contribution in [0.2, 0.25) is 0 Å². The molecular weight excluding hydrogens is 377 g/mol. The summed E-state index contributed by atoms with van der Waals surface area (Å²) in [4.78, 5) is 25.0. The maximum absolute atomic E-state index is 13.8. The van der Waals surface area contributed by atoms with Gasteiger partial charge in [0.25, 0.3) is 0 Å². The van der Waals surface area contributed by atoms with Crippen molar-refractivity contribution in [3.63, 3.8) is 0 Å². The van der Waals surface area contributed by atoms with Crippen molar-refractivity contribution in [2.75, 3.05) is 7.11 Å². The molecule has 1 aliphatic rings. The lowest BCUT2D eigenvalue weighted by atomic mass is 9.77. The van der Waals surface area contributed by atoms with Gasteiger partial charge in [0, 0.05) is 11.1 Å². The number of urea groups is 1. The number of Topliss-reactive ketones (excluding diaryl/α,β-unsaturated/α-hetero) is 1. The number of hydrogen-bond donors (Lipinski definition) is 3. The summed E-state index contributed by atoms with van der Waals surface area (Å²) in [5, 5.41) is 14.3. The lowest BCUT2D eigenvalue weighted by molar-refractivity contribution is -0.287. The maximum Gasteiger partial charge on any atom is 0.437 e. The molecule has 0 radical (unpaired) electrons. The molecule has 3 N–H and O–H groups in total. The Labute approximate surface area is 158 Å². The number of carbonyl (C=O) groups excluding carboxylic acids is 2. The highest BCUT2D eigenvalue weighted by Gasteiger charge is 2.66. The van der Waals surface area contributed by atoms with E-state index < -0.39 is 35.7 Å². The van der Waals surface area contributed by atoms with Crippen LogP contribution in [0.4, 0.5) is 18.0 Å². The van der Waals surface area contributed by atoms with Gasteiger partial charge in [-0.25, -0.2) is 4.79 Å². The standard InChI is InChI=1S/C19H17F3N2O4/c1-28-13-10-6-5-9-12(13)15-14(16(25)11-7-3-2-4-8-11)18(27,19(20,21)22)24-17(26)23-15/h2-10,14-15,27H,1H3,(H2,23,24,26)/t14-,15+,18+/m0/s1. The third-order valence-electron chi connectivity index (χ3n) is 4.62. The molecule has 1 aliphatic heterocycles. The van der Waals surface area contributed by atoms with E-state index in [4.69, 9.17) is 4.74 Å². The summed E-state index contributed by atoms with van der Waals surface area (Å²) < 4.78 is 46.6. The number of alkyl halides is 3. The molecule has 2 amide bonds. The van der Waals surface area contributed by atoms with E-state index >= 15 is 0 Å². The van der Waals surface area contributed by atoms with Gasteiger partial charge in [-0.1, -0.05) is 48.5 Å². The van der Waals surface area contributed by atoms with Crippen LogP contribution in [-0.2, 0) is 0 Å². The van der Waals surface area contributed by atoms with Gasteiger partial charge in [-0.15, -0.1) is 0 Å². The van der Waals surface area contributed by atoms with Gasteiger partial charge >= 0.3 is 12.2 Å². The minimum absolute atomic E-state index is 0.0342. The van der Waals surface area contributed by atoms with E-state index in [2.05, 4.69) is 5.32 Å². The van der Waals surface area contributed by atoms with Gasteiger partial charge in [-0.05, 0) is 6.07 Å². The molecule has 2 aromatic carbocycles. The SMILES string of the molecule is COc1ccccc1[C@H]1NC(=O)N[C@](O)(C(F)(F)F)[C@@H]1C(=O)c1ccccc1. The van der Waals surface area contributed by atoms with Crippen LogP contribution in [-0.4, -0.2) is 35.9 Å². The molecule has 0 bridgehead atoms. The zero-order chi connectivity index (χ0) is 20.5. The number of nitrogens with one attached hydrogen (secondary N) is 2. The number of aliphatic hydroxyl groups is 1. The normalized spacial score (nSPS) is 24.8. The van der Waals surface area contributed by atoms with Crippen LogP contribution in [0.3, 0.4) is 0 Å². The summed E-state index contributed by atoms with van der Waals surface area (Å²) in [6.45, 7) is 0. The van der Waals surface area contributed by atoms with Crippen LogP contribution < -0.4 is 15.4 Å². The minimum Gasteiger partial charge on any atom is -0.496 e. The molecule has 148 valence electrons. The van der Waals surface area contributed by atoms with Gasteiger partial charge in [0.2, 0.25) is 5.72 Å². The summed E-state index contributed by atoms with van der Waals surface area (Å²) in [6, 6.07) is 10.6. The van der Waals surface area contributed by atoms with Crippen molar-refractivity contribution in [1.82, 2.24) is 10.6 Å². The van der Waals surface area contributed by atoms with Gasteiger partial charge in [0.05, 0.1) is 13.2 Å². The molecule has 1 saturated heterocycles. The molecule has 0 unspecified atom stereocenters. The fourth-order valence-electron chi connectivity index (χ4n) is 3.30. The topological polar surface area (TPSA) is 87.7 Å². The summed E-state index contributed by atoms with van der Waals surface area (Å²) in [5.74, 6) is -2.90. The third kappa shape index (κ3) is 3.29. The van der Waals surface area contributed by atoms with Gasteiger partial charge in [-0.3, -0.25) is 4.79 Å². The van der Waals surface area contributed by atoms with Crippen LogP contribution in [0.15, 0.2) is 54.6 Å². The van der Waals surface area contributed by atoms with Crippen LogP contribution in [0.5, 0.6) is 5.75 Å². The monoisotopic (exact) mass is 394 g/mol. The molecule has 1 heterocycles. The van der Waals surface area contributed by atoms with E-state index in [0.29, 0.717) is 0 Å². The fraction of sp³-hybridized carbons (Fsp3) is 0.263. The largest absolute Gasteiger partial charge is 0.496 e. The van der Waals surface area contributed by atoms with Crippen molar-refractivity contribution in [2.24, 2.45) is 5.92 Å². The predicted molar refractivity (Wildman–Crippen MR) is 92.7 cm³/mol. The van der Waals surface area contributed by atoms with Crippen molar-refractivity contribution in [2.45, 2.75) is 17.9 Å². The van der Waals surface area contributed by atoms with Gasteiger partial charge in [0.1, 0.15) is 11.7 Å². The Hall–Kier alpha value is -3.07. The fourth-order valence-corrected chi connectivity index (χ4v) is 3.30. The first kappa shape index (κ1) is 19.7. The summed E-state index contributed by atoms with van der Waals surface area (Å²) >= 11 is 0. The highest BCUT2D eigenvalue weighted by atomic mass is 19.4. The number of para-hydroxylation sites is 1. The number of ketones is 1. The van der Waals surface area contributed by atoms with E-state index in [-0.39, 0.29) is 16.9 Å². The van der Waals surface area contributed by atoms with E-state index in [9.17, 15) is 27.9 Å². The van der Waals surface area contributed by atoms with Crippen LogP contribution in [0.1, 0.15) is 22.0 Å². The van der Waals surface area contributed by atoms with Crippen LogP contribution >= 0.6 is 0 Å². The number of ether oxygens (including phenoxy) is 1. The smallest absolute Gasteiger partial charge is 0.437 e. The second-order valence-electron chi connectivity index (χ2n) is 6.29. The summed E-state index contributed by atoms with van der Waals surface area (Å²) in [7, 11) is 1.31. The zero-order valence-electron chi connectivity index (χ0n) is 14.7. The van der Waals surface area contributed by atoms with E-state index in [1.165, 1.54) is 54.9 Å². The molecule has 2 aromatic rings. The minimum atomic E-state index is -5.31. The first-order valence-corrected chi connectivity index (χ1v) is 8.29. The molecule has 0 aromatic heterocycles. The molecule has 9 heteroatoms. The molecule has 1 fully saturated rings. The van der Waals surface area contributed by atoms with Gasteiger partial charge < -0.3 is 20.5 Å². The Morgan fingerprint density at radius 1 is 1.11 bits per heavy atom. The van der Waals surface area contributed by atoms with E-state index in [1.54, 1.807) is 12.1 Å². The molecule has 0 aliphatic carbocycles. The Bertz CT molecular complexity index is 888. The quantitative estimate of drug-likeness (QED) is 0.696. The Kier molecular flexibility index (Phi) is 5.03. The average Bonchev–Trinajstić information content (AvgIpc) is 2.66. The van der Waals surface area contributed by atoms with Crippen molar-refractivity contribution < 1.29 is 32.6 Å². The van der Waals surface area contributed by atoms with Crippen LogP contribution in [0.25, 0.3) is 0 Å². The third-order valence-corrected chi connectivity index (χ3v) is 4.62. The molecule has 3 atom stereocenters. The highest BCUT2D eigenvalue weighted by Crippen LogP contribution is 2.45. The van der Waals surface area contributed by atoms with Gasteiger partial charge in [-0.2, -0.15) is 13.2 Å². The van der Waals surface area contributed by atoms with E-state index in [0.717, 1.165) is 0 Å². The Morgan fingerprint density at radius 3 is 2.32 bits per heavy atom. The van der Waals surface area contributed by atoms with Crippen molar-refractivity contribution >= 4 is 11.8 Å². The van der Waals surface area contributed by atoms with Crippen molar-refractivity contribution in [1.29, 1.82) is 0 Å². The summed E-state index contributed by atoms with van der Waals surface area (Å²) in [6.07, 6.45) is -5.31. The lowest BCUT2D eigenvalue weighted by Gasteiger charge is -2.45. The number of hydrogen-bond acceptors (Lipinski definition) is 4. The molecule has 28 heavy (non-hydrogen) atoms. The van der Waals surface area contributed by atoms with Crippen molar-refractivity contribution in [3.8, 4) is 5.75 Å². The van der Waals surface area contributed by atoms with E-state index in [1.807, 2.05) is 0 Å². The summed E-state index contributed by atoms with van der Waals surface area (Å²) in [5.41, 5.74) is -3.67.